The van der Waals surface area contributed by atoms with Crippen molar-refractivity contribution in [3.63, 3.8) is 0 Å². The molecule has 1 atom stereocenters. The van der Waals surface area contributed by atoms with Gasteiger partial charge in [0.15, 0.2) is 0 Å². The normalized spacial score (nSPS) is 18.9. The second-order valence-electron chi connectivity index (χ2n) is 7.47. The highest BCUT2D eigenvalue weighted by Gasteiger charge is 2.32. The summed E-state index contributed by atoms with van der Waals surface area (Å²) in [5.41, 5.74) is 3.18. The highest BCUT2D eigenvalue weighted by Crippen LogP contribution is 2.32. The van der Waals surface area contributed by atoms with Crippen LogP contribution in [0.1, 0.15) is 18.9 Å². The summed E-state index contributed by atoms with van der Waals surface area (Å²) in [6.07, 6.45) is 0.768. The molecule has 2 heterocycles. The van der Waals surface area contributed by atoms with Crippen LogP contribution in [0.5, 0.6) is 0 Å². The highest BCUT2D eigenvalue weighted by atomic mass is 35.5. The number of piperazine rings is 1. The van der Waals surface area contributed by atoms with Crippen molar-refractivity contribution >= 4 is 34.8 Å². The lowest BCUT2D eigenvalue weighted by Gasteiger charge is -2.36. The Balaban J connectivity index is 1.35. The highest BCUT2D eigenvalue weighted by molar-refractivity contribution is 6.30. The van der Waals surface area contributed by atoms with Crippen LogP contribution < -0.4 is 9.80 Å². The van der Waals surface area contributed by atoms with Crippen molar-refractivity contribution in [1.82, 2.24) is 4.90 Å². The number of benzene rings is 2. The minimum atomic E-state index is -0.111. The van der Waals surface area contributed by atoms with Crippen LogP contribution in [0, 0.1) is 0 Å². The second kappa shape index (κ2) is 7.84. The van der Waals surface area contributed by atoms with Gasteiger partial charge in [0.05, 0.1) is 0 Å². The Kier molecular flexibility index (Phi) is 5.27. The molecule has 2 aromatic rings. The number of fused-ring (bicyclic) bond motifs is 1. The van der Waals surface area contributed by atoms with Crippen LogP contribution in [-0.4, -0.2) is 48.9 Å². The number of anilines is 2. The standard InChI is InChI=1S/C22H24ClN3O2/c1-16-13-17-5-2-3-8-20(17)26(16)22(28)15-21(27)25-11-9-24(10-12-25)19-7-4-6-18(23)14-19/h2-8,14,16H,9-13,15H2,1H3. The summed E-state index contributed by atoms with van der Waals surface area (Å²) in [5.74, 6) is -0.202. The fourth-order valence-corrected chi connectivity index (χ4v) is 4.34. The van der Waals surface area contributed by atoms with Gasteiger partial charge in [-0.2, -0.15) is 0 Å². The van der Waals surface area contributed by atoms with E-state index in [9.17, 15) is 9.59 Å². The minimum Gasteiger partial charge on any atom is -0.368 e. The van der Waals surface area contributed by atoms with Gasteiger partial charge in [-0.25, -0.2) is 0 Å². The maximum atomic E-state index is 12.8. The summed E-state index contributed by atoms with van der Waals surface area (Å²) in [4.78, 5) is 31.4. The number of carbonyl (C=O) groups excluding carboxylic acids is 2. The molecule has 4 rings (SSSR count). The lowest BCUT2D eigenvalue weighted by Crippen LogP contribution is -2.50. The van der Waals surface area contributed by atoms with E-state index in [0.29, 0.717) is 18.1 Å². The van der Waals surface area contributed by atoms with E-state index in [4.69, 9.17) is 11.6 Å². The predicted octanol–water partition coefficient (Wildman–Crippen LogP) is 3.36. The van der Waals surface area contributed by atoms with Crippen LogP contribution in [0.4, 0.5) is 11.4 Å². The van der Waals surface area contributed by atoms with Crippen LogP contribution in [0.25, 0.3) is 0 Å². The molecule has 146 valence electrons. The third-order valence-corrected chi connectivity index (χ3v) is 5.82. The number of halogens is 1. The van der Waals surface area contributed by atoms with Crippen LogP contribution in [0.2, 0.25) is 5.02 Å². The summed E-state index contributed by atoms with van der Waals surface area (Å²) in [5, 5.41) is 0.710. The summed E-state index contributed by atoms with van der Waals surface area (Å²) >= 11 is 6.08. The Labute approximate surface area is 170 Å². The van der Waals surface area contributed by atoms with Gasteiger partial charge >= 0.3 is 0 Å². The summed E-state index contributed by atoms with van der Waals surface area (Å²) < 4.78 is 0. The molecule has 2 amide bonds. The first kappa shape index (κ1) is 18.8. The van der Waals surface area contributed by atoms with Crippen LogP contribution in [-0.2, 0) is 16.0 Å². The predicted molar refractivity (Wildman–Crippen MR) is 112 cm³/mol. The average Bonchev–Trinajstić information content (AvgIpc) is 3.04. The average molecular weight is 398 g/mol. The van der Waals surface area contributed by atoms with E-state index in [-0.39, 0.29) is 24.3 Å². The van der Waals surface area contributed by atoms with Crippen molar-refractivity contribution in [2.45, 2.75) is 25.8 Å². The maximum Gasteiger partial charge on any atom is 0.236 e. The molecule has 28 heavy (non-hydrogen) atoms. The van der Waals surface area contributed by atoms with E-state index in [1.807, 2.05) is 49.4 Å². The van der Waals surface area contributed by atoms with E-state index < -0.39 is 0 Å². The fraction of sp³-hybridized carbons (Fsp3) is 0.364. The lowest BCUT2D eigenvalue weighted by molar-refractivity contribution is -0.135. The molecule has 0 aromatic heterocycles. The molecule has 6 heteroatoms. The van der Waals surface area contributed by atoms with Crippen molar-refractivity contribution < 1.29 is 9.59 Å². The van der Waals surface area contributed by atoms with Crippen LogP contribution in [0.15, 0.2) is 48.5 Å². The maximum absolute atomic E-state index is 12.8. The second-order valence-corrected chi connectivity index (χ2v) is 7.91. The molecule has 0 N–H and O–H groups in total. The summed E-state index contributed by atoms with van der Waals surface area (Å²) in [7, 11) is 0. The van der Waals surface area contributed by atoms with Gasteiger partial charge < -0.3 is 14.7 Å². The fourth-order valence-electron chi connectivity index (χ4n) is 4.16. The van der Waals surface area contributed by atoms with Gasteiger partial charge in [-0.1, -0.05) is 35.9 Å². The number of hydrogen-bond donors (Lipinski definition) is 0. The first-order valence-electron chi connectivity index (χ1n) is 9.71. The number of carbonyl (C=O) groups is 2. The topological polar surface area (TPSA) is 43.9 Å². The largest absolute Gasteiger partial charge is 0.368 e. The molecule has 0 aliphatic carbocycles. The van der Waals surface area contributed by atoms with E-state index in [2.05, 4.69) is 11.0 Å². The molecular formula is C22H24ClN3O2. The third kappa shape index (κ3) is 3.72. The quantitative estimate of drug-likeness (QED) is 0.746. The van der Waals surface area contributed by atoms with Crippen molar-refractivity contribution in [2.75, 3.05) is 36.0 Å². The van der Waals surface area contributed by atoms with E-state index in [1.165, 1.54) is 5.56 Å². The number of hydrogen-bond acceptors (Lipinski definition) is 3. The molecule has 0 radical (unpaired) electrons. The lowest BCUT2D eigenvalue weighted by atomic mass is 10.1. The molecule has 0 bridgehead atoms. The summed E-state index contributed by atoms with van der Waals surface area (Å²) in [6.45, 7) is 4.74. The molecule has 2 aliphatic rings. The molecule has 0 saturated carbocycles. The van der Waals surface area contributed by atoms with Crippen LogP contribution >= 0.6 is 11.6 Å². The van der Waals surface area contributed by atoms with Gasteiger partial charge in [-0.15, -0.1) is 0 Å². The van der Waals surface area contributed by atoms with Crippen molar-refractivity contribution in [3.05, 3.63) is 59.1 Å². The van der Waals surface area contributed by atoms with E-state index >= 15 is 0 Å². The van der Waals surface area contributed by atoms with Gasteiger partial charge in [0.2, 0.25) is 11.8 Å². The zero-order valence-electron chi connectivity index (χ0n) is 16.0. The summed E-state index contributed by atoms with van der Waals surface area (Å²) in [6, 6.07) is 15.8. The van der Waals surface area contributed by atoms with Crippen molar-refractivity contribution in [3.8, 4) is 0 Å². The molecule has 2 aliphatic heterocycles. The third-order valence-electron chi connectivity index (χ3n) is 5.58. The first-order chi connectivity index (χ1) is 13.5. The molecule has 1 saturated heterocycles. The van der Waals surface area contributed by atoms with Gasteiger partial charge in [0.25, 0.3) is 0 Å². The van der Waals surface area contributed by atoms with Crippen molar-refractivity contribution in [1.29, 1.82) is 0 Å². The number of para-hydroxylation sites is 1. The number of rotatable bonds is 3. The minimum absolute atomic E-state index is 0.0736. The smallest absolute Gasteiger partial charge is 0.236 e. The Hall–Kier alpha value is -2.53. The number of amides is 2. The Morgan fingerprint density at radius 3 is 2.50 bits per heavy atom. The molecule has 1 fully saturated rings. The molecule has 5 nitrogen and oxygen atoms in total. The van der Waals surface area contributed by atoms with Gasteiger partial charge in [-0.05, 0) is 43.2 Å². The first-order valence-corrected chi connectivity index (χ1v) is 10.1. The Morgan fingerprint density at radius 2 is 1.75 bits per heavy atom. The Bertz CT molecular complexity index is 893. The van der Waals surface area contributed by atoms with Gasteiger partial charge in [0.1, 0.15) is 6.42 Å². The van der Waals surface area contributed by atoms with Gasteiger partial charge in [0, 0.05) is 48.6 Å². The van der Waals surface area contributed by atoms with E-state index in [0.717, 1.165) is 30.9 Å². The van der Waals surface area contributed by atoms with E-state index in [1.54, 1.807) is 9.80 Å². The monoisotopic (exact) mass is 397 g/mol. The zero-order valence-corrected chi connectivity index (χ0v) is 16.7. The number of nitrogens with zero attached hydrogens (tertiary/aromatic N) is 3. The zero-order chi connectivity index (χ0) is 19.7. The van der Waals surface area contributed by atoms with Gasteiger partial charge in [-0.3, -0.25) is 9.59 Å². The molecule has 2 aromatic carbocycles. The SMILES string of the molecule is CC1Cc2ccccc2N1C(=O)CC(=O)N1CCN(c2cccc(Cl)c2)CC1. The molecular weight excluding hydrogens is 374 g/mol. The van der Waals surface area contributed by atoms with Crippen molar-refractivity contribution in [2.24, 2.45) is 0 Å². The molecule has 0 spiro atoms. The molecule has 1 unspecified atom stereocenters. The van der Waals surface area contributed by atoms with Crippen LogP contribution in [0.3, 0.4) is 0 Å². The Morgan fingerprint density at radius 1 is 1.00 bits per heavy atom.